The predicted octanol–water partition coefficient (Wildman–Crippen LogP) is 3.52. The van der Waals surface area contributed by atoms with Gasteiger partial charge < -0.3 is 14.7 Å². The lowest BCUT2D eigenvalue weighted by atomic mass is 10.1. The number of aliphatic hydroxyl groups is 1. The van der Waals surface area contributed by atoms with Crippen LogP contribution in [0.25, 0.3) is 0 Å². The van der Waals surface area contributed by atoms with Gasteiger partial charge in [0.1, 0.15) is 11.6 Å². The summed E-state index contributed by atoms with van der Waals surface area (Å²) in [7, 11) is 3.52. The van der Waals surface area contributed by atoms with Gasteiger partial charge in [-0.25, -0.2) is 4.39 Å². The first-order valence-corrected chi connectivity index (χ1v) is 6.83. The summed E-state index contributed by atoms with van der Waals surface area (Å²) in [5.41, 5.74) is 2.65. The maximum atomic E-state index is 13.0. The summed E-state index contributed by atoms with van der Waals surface area (Å²) in [6, 6.07) is 12.1. The highest BCUT2D eigenvalue weighted by atomic mass is 19.1. The van der Waals surface area contributed by atoms with E-state index in [4.69, 9.17) is 4.74 Å². The summed E-state index contributed by atoms with van der Waals surface area (Å²) < 4.78 is 18.3. The Morgan fingerprint density at radius 2 is 1.86 bits per heavy atom. The Kier molecular flexibility index (Phi) is 4.81. The van der Waals surface area contributed by atoms with Crippen LogP contribution in [0.15, 0.2) is 42.5 Å². The van der Waals surface area contributed by atoms with Crippen molar-refractivity contribution in [1.82, 2.24) is 0 Å². The zero-order chi connectivity index (χ0) is 15.4. The highest BCUT2D eigenvalue weighted by Gasteiger charge is 2.16. The molecule has 2 rings (SSSR count). The number of aliphatic hydroxyl groups excluding tert-OH is 1. The SMILES string of the molecule is COc1cccc(N(C)Cc2ccc(F)cc2)c1[C@@H](C)O. The molecule has 1 atom stereocenters. The van der Waals surface area contributed by atoms with Crippen molar-refractivity contribution in [2.45, 2.75) is 19.6 Å². The van der Waals surface area contributed by atoms with Crippen LogP contribution in [-0.4, -0.2) is 19.3 Å². The van der Waals surface area contributed by atoms with E-state index in [1.165, 1.54) is 12.1 Å². The topological polar surface area (TPSA) is 32.7 Å². The van der Waals surface area contributed by atoms with Gasteiger partial charge in [0, 0.05) is 24.8 Å². The Morgan fingerprint density at radius 3 is 2.43 bits per heavy atom. The third-order valence-electron chi connectivity index (χ3n) is 3.43. The number of anilines is 1. The van der Waals surface area contributed by atoms with Gasteiger partial charge in [0.05, 0.1) is 13.2 Å². The molecule has 4 heteroatoms. The van der Waals surface area contributed by atoms with Crippen molar-refractivity contribution in [3.63, 3.8) is 0 Å². The van der Waals surface area contributed by atoms with Crippen molar-refractivity contribution in [1.29, 1.82) is 0 Å². The molecule has 0 aliphatic heterocycles. The predicted molar refractivity (Wildman–Crippen MR) is 82.1 cm³/mol. The molecule has 0 spiro atoms. The molecular weight excluding hydrogens is 269 g/mol. The second kappa shape index (κ2) is 6.59. The van der Waals surface area contributed by atoms with E-state index in [2.05, 4.69) is 0 Å². The lowest BCUT2D eigenvalue weighted by molar-refractivity contribution is 0.194. The molecule has 0 fully saturated rings. The van der Waals surface area contributed by atoms with Crippen molar-refractivity contribution in [2.75, 3.05) is 19.1 Å². The highest BCUT2D eigenvalue weighted by Crippen LogP contribution is 2.34. The molecule has 0 heterocycles. The molecular formula is C17H20FNO2. The fourth-order valence-corrected chi connectivity index (χ4v) is 2.41. The van der Waals surface area contributed by atoms with Crippen LogP contribution in [0.4, 0.5) is 10.1 Å². The van der Waals surface area contributed by atoms with Crippen molar-refractivity contribution in [2.24, 2.45) is 0 Å². The maximum Gasteiger partial charge on any atom is 0.126 e. The van der Waals surface area contributed by atoms with Gasteiger partial charge in [-0.1, -0.05) is 18.2 Å². The highest BCUT2D eigenvalue weighted by molar-refractivity contribution is 5.60. The average molecular weight is 289 g/mol. The Balaban J connectivity index is 2.30. The van der Waals surface area contributed by atoms with Gasteiger partial charge in [0.25, 0.3) is 0 Å². The summed E-state index contributed by atoms with van der Waals surface area (Å²) >= 11 is 0. The van der Waals surface area contributed by atoms with E-state index in [1.807, 2.05) is 30.1 Å². The summed E-state index contributed by atoms with van der Waals surface area (Å²) in [5, 5.41) is 10.0. The van der Waals surface area contributed by atoms with Crippen molar-refractivity contribution < 1.29 is 14.2 Å². The molecule has 0 radical (unpaired) electrons. The number of rotatable bonds is 5. The lowest BCUT2D eigenvalue weighted by Crippen LogP contribution is -2.19. The minimum Gasteiger partial charge on any atom is -0.496 e. The molecule has 0 amide bonds. The number of methoxy groups -OCH3 is 1. The Hall–Kier alpha value is -2.07. The van der Waals surface area contributed by atoms with E-state index in [0.29, 0.717) is 12.3 Å². The molecule has 0 aromatic heterocycles. The molecule has 21 heavy (non-hydrogen) atoms. The normalized spacial score (nSPS) is 12.0. The molecule has 0 unspecified atom stereocenters. The van der Waals surface area contributed by atoms with Crippen LogP contribution >= 0.6 is 0 Å². The van der Waals surface area contributed by atoms with E-state index in [0.717, 1.165) is 16.8 Å². The van der Waals surface area contributed by atoms with Gasteiger partial charge in [-0.2, -0.15) is 0 Å². The van der Waals surface area contributed by atoms with Gasteiger partial charge >= 0.3 is 0 Å². The van der Waals surface area contributed by atoms with Gasteiger partial charge in [0.2, 0.25) is 0 Å². The molecule has 2 aromatic rings. The average Bonchev–Trinajstić information content (AvgIpc) is 2.48. The molecule has 0 saturated carbocycles. The van der Waals surface area contributed by atoms with Crippen molar-refractivity contribution >= 4 is 5.69 Å². The molecule has 112 valence electrons. The van der Waals surface area contributed by atoms with E-state index in [-0.39, 0.29) is 5.82 Å². The second-order valence-electron chi connectivity index (χ2n) is 5.05. The summed E-state index contributed by atoms with van der Waals surface area (Å²) in [6.07, 6.45) is -0.633. The minimum absolute atomic E-state index is 0.243. The number of halogens is 1. The number of nitrogens with zero attached hydrogens (tertiary/aromatic N) is 1. The van der Waals surface area contributed by atoms with E-state index >= 15 is 0 Å². The van der Waals surface area contributed by atoms with Gasteiger partial charge in [0.15, 0.2) is 0 Å². The monoisotopic (exact) mass is 289 g/mol. The first kappa shape index (κ1) is 15.3. The third kappa shape index (κ3) is 3.52. The number of ether oxygens (including phenoxy) is 1. The van der Waals surface area contributed by atoms with Crippen LogP contribution in [0.3, 0.4) is 0 Å². The van der Waals surface area contributed by atoms with Crippen molar-refractivity contribution in [3.05, 3.63) is 59.4 Å². The first-order valence-electron chi connectivity index (χ1n) is 6.83. The third-order valence-corrected chi connectivity index (χ3v) is 3.43. The van der Waals surface area contributed by atoms with Gasteiger partial charge in [-0.3, -0.25) is 0 Å². The molecule has 1 N–H and O–H groups in total. The van der Waals surface area contributed by atoms with Crippen LogP contribution in [0, 0.1) is 5.82 Å². The Morgan fingerprint density at radius 1 is 1.19 bits per heavy atom. The van der Waals surface area contributed by atoms with Crippen molar-refractivity contribution in [3.8, 4) is 5.75 Å². The zero-order valence-electron chi connectivity index (χ0n) is 12.5. The van der Waals surface area contributed by atoms with Gasteiger partial charge in [-0.05, 0) is 36.8 Å². The maximum absolute atomic E-state index is 13.0. The molecule has 2 aromatic carbocycles. The summed E-state index contributed by atoms with van der Waals surface area (Å²) in [6.45, 7) is 2.33. The Labute approximate surface area is 124 Å². The van der Waals surface area contributed by atoms with E-state index in [1.54, 1.807) is 26.2 Å². The van der Waals surface area contributed by atoms with Crippen LogP contribution in [0.5, 0.6) is 5.75 Å². The van der Waals surface area contributed by atoms with Crippen LogP contribution in [0.2, 0.25) is 0 Å². The van der Waals surface area contributed by atoms with Crippen LogP contribution in [-0.2, 0) is 6.54 Å². The quantitative estimate of drug-likeness (QED) is 0.914. The smallest absolute Gasteiger partial charge is 0.126 e. The minimum atomic E-state index is -0.633. The number of hydrogen-bond donors (Lipinski definition) is 1. The molecule has 0 aliphatic carbocycles. The van der Waals surface area contributed by atoms with Gasteiger partial charge in [-0.15, -0.1) is 0 Å². The largest absolute Gasteiger partial charge is 0.496 e. The number of hydrogen-bond acceptors (Lipinski definition) is 3. The first-order chi connectivity index (χ1) is 10.0. The fraction of sp³-hybridized carbons (Fsp3) is 0.294. The second-order valence-corrected chi connectivity index (χ2v) is 5.05. The Bertz CT molecular complexity index is 596. The molecule has 0 aliphatic rings. The molecule has 3 nitrogen and oxygen atoms in total. The standard InChI is InChI=1S/C17H20FNO2/c1-12(20)17-15(5-4-6-16(17)21-3)19(2)11-13-7-9-14(18)10-8-13/h4-10,12,20H,11H2,1-3H3/t12-/m1/s1. The van der Waals surface area contributed by atoms with Crippen LogP contribution < -0.4 is 9.64 Å². The number of benzene rings is 2. The van der Waals surface area contributed by atoms with E-state index < -0.39 is 6.10 Å². The summed E-state index contributed by atoms with van der Waals surface area (Å²) in [5.74, 6) is 0.418. The summed E-state index contributed by atoms with van der Waals surface area (Å²) in [4.78, 5) is 2.01. The fourth-order valence-electron chi connectivity index (χ4n) is 2.41. The lowest BCUT2D eigenvalue weighted by Gasteiger charge is -2.25. The zero-order valence-corrected chi connectivity index (χ0v) is 12.5. The van der Waals surface area contributed by atoms with E-state index in [9.17, 15) is 9.50 Å². The molecule has 0 bridgehead atoms. The molecule has 0 saturated heterocycles. The van der Waals surface area contributed by atoms with Crippen LogP contribution in [0.1, 0.15) is 24.2 Å².